The lowest BCUT2D eigenvalue weighted by molar-refractivity contribution is 0.438. The highest BCUT2D eigenvalue weighted by molar-refractivity contribution is 5.73. The average Bonchev–Trinajstić information content (AvgIpc) is 2.37. The number of nitrogens with zero attached hydrogens (tertiary/aromatic N) is 2. The van der Waals surface area contributed by atoms with Crippen LogP contribution in [0.1, 0.15) is 26.0 Å². The van der Waals surface area contributed by atoms with Gasteiger partial charge in [0, 0.05) is 18.7 Å². The molecule has 0 bridgehead atoms. The van der Waals surface area contributed by atoms with Crippen LogP contribution in [-0.4, -0.2) is 23.1 Å². The van der Waals surface area contributed by atoms with Crippen LogP contribution >= 0.6 is 0 Å². The summed E-state index contributed by atoms with van der Waals surface area (Å²) in [5, 5.41) is 3.36. The number of hydrogen-bond donors (Lipinski definition) is 1. The standard InChI is InChI=1S/C15H21N3/c1-11(2)8-12(16-3)9-13-10-17-14-6-4-5-7-15(14)18-13/h4-7,10-12,16H,8-9H2,1-3H3. The van der Waals surface area contributed by atoms with E-state index in [0.717, 1.165) is 29.6 Å². The summed E-state index contributed by atoms with van der Waals surface area (Å²) in [7, 11) is 2.02. The molecule has 1 heterocycles. The Kier molecular flexibility index (Phi) is 4.26. The topological polar surface area (TPSA) is 37.8 Å². The van der Waals surface area contributed by atoms with Crippen molar-refractivity contribution in [1.29, 1.82) is 0 Å². The van der Waals surface area contributed by atoms with E-state index < -0.39 is 0 Å². The van der Waals surface area contributed by atoms with Gasteiger partial charge >= 0.3 is 0 Å². The highest BCUT2D eigenvalue weighted by Crippen LogP contribution is 2.12. The molecule has 2 rings (SSSR count). The van der Waals surface area contributed by atoms with Gasteiger partial charge in [0.25, 0.3) is 0 Å². The summed E-state index contributed by atoms with van der Waals surface area (Å²) in [5.74, 6) is 0.691. The average molecular weight is 243 g/mol. The van der Waals surface area contributed by atoms with E-state index in [2.05, 4.69) is 29.1 Å². The van der Waals surface area contributed by atoms with E-state index >= 15 is 0 Å². The van der Waals surface area contributed by atoms with E-state index in [9.17, 15) is 0 Å². The maximum absolute atomic E-state index is 4.67. The summed E-state index contributed by atoms with van der Waals surface area (Å²) in [4.78, 5) is 9.13. The van der Waals surface area contributed by atoms with Crippen molar-refractivity contribution in [3.8, 4) is 0 Å². The Bertz CT molecular complexity index is 508. The number of para-hydroxylation sites is 2. The molecule has 1 aromatic carbocycles. The van der Waals surface area contributed by atoms with Gasteiger partial charge in [-0.3, -0.25) is 4.98 Å². The molecule has 0 aliphatic carbocycles. The molecule has 0 amide bonds. The number of likely N-dealkylation sites (N-methyl/N-ethyl adjacent to an activating group) is 1. The number of aromatic nitrogens is 2. The van der Waals surface area contributed by atoms with Crippen molar-refractivity contribution in [3.63, 3.8) is 0 Å². The second kappa shape index (κ2) is 5.91. The third-order valence-corrected chi connectivity index (χ3v) is 3.12. The van der Waals surface area contributed by atoms with Gasteiger partial charge in [0.15, 0.2) is 0 Å². The number of hydrogen-bond acceptors (Lipinski definition) is 3. The molecule has 0 spiro atoms. The Morgan fingerprint density at radius 2 is 1.89 bits per heavy atom. The molecule has 1 aromatic heterocycles. The Hall–Kier alpha value is -1.48. The van der Waals surface area contributed by atoms with Crippen molar-refractivity contribution in [1.82, 2.24) is 15.3 Å². The minimum atomic E-state index is 0.473. The number of benzene rings is 1. The zero-order valence-corrected chi connectivity index (χ0v) is 11.4. The Morgan fingerprint density at radius 1 is 1.17 bits per heavy atom. The molecular weight excluding hydrogens is 222 g/mol. The zero-order valence-electron chi connectivity index (χ0n) is 11.4. The SMILES string of the molecule is CNC(Cc1cnc2ccccc2n1)CC(C)C. The van der Waals surface area contributed by atoms with Crippen molar-refractivity contribution in [2.24, 2.45) is 5.92 Å². The van der Waals surface area contributed by atoms with Crippen LogP contribution in [-0.2, 0) is 6.42 Å². The Labute approximate surface area is 109 Å². The Balaban J connectivity index is 2.15. The van der Waals surface area contributed by atoms with E-state index in [1.807, 2.05) is 37.5 Å². The second-order valence-electron chi connectivity index (χ2n) is 5.17. The minimum absolute atomic E-state index is 0.473. The van der Waals surface area contributed by atoms with Crippen molar-refractivity contribution in [2.75, 3.05) is 7.05 Å². The molecule has 1 atom stereocenters. The van der Waals surface area contributed by atoms with Crippen molar-refractivity contribution < 1.29 is 0 Å². The third kappa shape index (κ3) is 3.26. The molecule has 0 aliphatic heterocycles. The molecule has 2 aromatic rings. The summed E-state index contributed by atoms with van der Waals surface area (Å²) in [6.45, 7) is 4.49. The van der Waals surface area contributed by atoms with E-state index in [1.54, 1.807) is 0 Å². The maximum atomic E-state index is 4.67. The van der Waals surface area contributed by atoms with Crippen molar-refractivity contribution in [2.45, 2.75) is 32.7 Å². The maximum Gasteiger partial charge on any atom is 0.0890 e. The summed E-state index contributed by atoms with van der Waals surface area (Å²) in [6, 6.07) is 8.48. The quantitative estimate of drug-likeness (QED) is 0.877. The van der Waals surface area contributed by atoms with Gasteiger partial charge in [0.05, 0.1) is 16.7 Å². The predicted octanol–water partition coefficient (Wildman–Crippen LogP) is 2.81. The van der Waals surface area contributed by atoms with Gasteiger partial charge in [-0.1, -0.05) is 26.0 Å². The molecule has 1 unspecified atom stereocenters. The summed E-state index contributed by atoms with van der Waals surface area (Å²) < 4.78 is 0. The minimum Gasteiger partial charge on any atom is -0.317 e. The molecule has 0 radical (unpaired) electrons. The van der Waals surface area contributed by atoms with Crippen LogP contribution in [0, 0.1) is 5.92 Å². The fourth-order valence-corrected chi connectivity index (χ4v) is 2.22. The first-order valence-corrected chi connectivity index (χ1v) is 6.57. The van der Waals surface area contributed by atoms with Gasteiger partial charge in [-0.15, -0.1) is 0 Å². The first kappa shape index (κ1) is 13.0. The molecule has 0 saturated carbocycles. The van der Waals surface area contributed by atoms with Gasteiger partial charge in [0.1, 0.15) is 0 Å². The molecule has 0 fully saturated rings. The van der Waals surface area contributed by atoms with Crippen LogP contribution in [0.3, 0.4) is 0 Å². The highest BCUT2D eigenvalue weighted by atomic mass is 14.9. The number of nitrogens with one attached hydrogen (secondary N) is 1. The van der Waals surface area contributed by atoms with Crippen LogP contribution < -0.4 is 5.32 Å². The monoisotopic (exact) mass is 243 g/mol. The summed E-state index contributed by atoms with van der Waals surface area (Å²) >= 11 is 0. The van der Waals surface area contributed by atoms with E-state index in [1.165, 1.54) is 0 Å². The smallest absolute Gasteiger partial charge is 0.0890 e. The summed E-state index contributed by atoms with van der Waals surface area (Å²) in [6.07, 6.45) is 3.99. The largest absolute Gasteiger partial charge is 0.317 e. The van der Waals surface area contributed by atoms with E-state index in [-0.39, 0.29) is 0 Å². The highest BCUT2D eigenvalue weighted by Gasteiger charge is 2.11. The first-order chi connectivity index (χ1) is 8.69. The lowest BCUT2D eigenvalue weighted by Gasteiger charge is -2.17. The lowest BCUT2D eigenvalue weighted by atomic mass is 10.00. The van der Waals surface area contributed by atoms with Gasteiger partial charge in [0.2, 0.25) is 0 Å². The predicted molar refractivity (Wildman–Crippen MR) is 75.5 cm³/mol. The van der Waals surface area contributed by atoms with Gasteiger partial charge in [-0.25, -0.2) is 4.98 Å². The van der Waals surface area contributed by atoms with Crippen LogP contribution in [0.25, 0.3) is 11.0 Å². The fraction of sp³-hybridized carbons (Fsp3) is 0.467. The number of fused-ring (bicyclic) bond motifs is 1. The molecule has 3 nitrogen and oxygen atoms in total. The van der Waals surface area contributed by atoms with Gasteiger partial charge < -0.3 is 5.32 Å². The van der Waals surface area contributed by atoms with Gasteiger partial charge in [-0.2, -0.15) is 0 Å². The lowest BCUT2D eigenvalue weighted by Crippen LogP contribution is -2.29. The molecule has 0 aliphatic rings. The summed E-state index contributed by atoms with van der Waals surface area (Å²) in [5.41, 5.74) is 3.01. The van der Waals surface area contributed by atoms with Gasteiger partial charge in [-0.05, 0) is 31.5 Å². The molecule has 3 heteroatoms. The fourth-order valence-electron chi connectivity index (χ4n) is 2.22. The van der Waals surface area contributed by atoms with Crippen LogP contribution in [0.5, 0.6) is 0 Å². The molecule has 18 heavy (non-hydrogen) atoms. The molecule has 1 N–H and O–H groups in total. The number of rotatable bonds is 5. The third-order valence-electron chi connectivity index (χ3n) is 3.12. The molecule has 0 saturated heterocycles. The van der Waals surface area contributed by atoms with E-state index in [0.29, 0.717) is 12.0 Å². The normalized spacial score (nSPS) is 13.1. The molecular formula is C15H21N3. The Morgan fingerprint density at radius 3 is 2.56 bits per heavy atom. The molecule has 96 valence electrons. The van der Waals surface area contributed by atoms with Crippen LogP contribution in [0.4, 0.5) is 0 Å². The first-order valence-electron chi connectivity index (χ1n) is 6.57. The van der Waals surface area contributed by atoms with E-state index in [4.69, 9.17) is 0 Å². The second-order valence-corrected chi connectivity index (χ2v) is 5.17. The van der Waals surface area contributed by atoms with Crippen molar-refractivity contribution in [3.05, 3.63) is 36.2 Å². The van der Waals surface area contributed by atoms with Crippen LogP contribution in [0.15, 0.2) is 30.5 Å². The van der Waals surface area contributed by atoms with Crippen LogP contribution in [0.2, 0.25) is 0 Å². The zero-order chi connectivity index (χ0) is 13.0. The van der Waals surface area contributed by atoms with Crippen molar-refractivity contribution >= 4 is 11.0 Å².